The van der Waals surface area contributed by atoms with Gasteiger partial charge in [-0.3, -0.25) is 10.1 Å². The molecule has 2 saturated carbocycles. The molecule has 5 rings (SSSR count). The van der Waals surface area contributed by atoms with Crippen LogP contribution in [-0.4, -0.2) is 47.2 Å². The van der Waals surface area contributed by atoms with Crippen molar-refractivity contribution in [1.82, 2.24) is 15.4 Å². The van der Waals surface area contributed by atoms with E-state index in [2.05, 4.69) is 26.8 Å². The highest BCUT2D eigenvalue weighted by atomic mass is 32.1. The molecule has 2 aliphatic carbocycles. The van der Waals surface area contributed by atoms with Crippen molar-refractivity contribution >= 4 is 23.1 Å². The molecule has 1 amide bonds. The first-order chi connectivity index (χ1) is 13.6. The lowest BCUT2D eigenvalue weighted by atomic mass is 10.0. The van der Waals surface area contributed by atoms with E-state index >= 15 is 0 Å². The largest absolute Gasteiger partial charge is 0.338 e. The minimum atomic E-state index is -0.117. The summed E-state index contributed by atoms with van der Waals surface area (Å²) in [5.74, 6) is 0.839. The van der Waals surface area contributed by atoms with Gasteiger partial charge in [0, 0.05) is 39.9 Å². The Hall–Kier alpha value is -1.70. The molecule has 28 heavy (non-hydrogen) atoms. The number of nitrogens with one attached hydrogen (secondary N) is 2. The van der Waals surface area contributed by atoms with E-state index in [-0.39, 0.29) is 5.91 Å². The average molecular weight is 401 g/mol. The quantitative estimate of drug-likeness (QED) is 0.774. The Morgan fingerprint density at radius 2 is 2.00 bits per heavy atom. The molecule has 3 heterocycles. The van der Waals surface area contributed by atoms with Crippen LogP contribution in [0.4, 0.5) is 5.88 Å². The minimum absolute atomic E-state index is 0.117. The Morgan fingerprint density at radius 1 is 1.21 bits per heavy atom. The number of rotatable bonds is 6. The Labute approximate surface area is 169 Å². The number of carbonyl (C=O) groups is 1. The fourth-order valence-corrected chi connectivity index (χ4v) is 5.59. The van der Waals surface area contributed by atoms with Crippen LogP contribution < -0.4 is 10.6 Å². The first-order valence-electron chi connectivity index (χ1n) is 10.4. The number of anilines is 1. The Bertz CT molecular complexity index is 864. The Morgan fingerprint density at radius 3 is 2.68 bits per heavy atom. The van der Waals surface area contributed by atoms with Gasteiger partial charge in [-0.25, -0.2) is 0 Å². The number of thiophene rings is 1. The summed E-state index contributed by atoms with van der Waals surface area (Å²) < 4.78 is 5.10. The van der Waals surface area contributed by atoms with E-state index in [0.717, 1.165) is 22.2 Å². The molecule has 7 heteroatoms. The van der Waals surface area contributed by atoms with Gasteiger partial charge in [-0.2, -0.15) is 0 Å². The van der Waals surface area contributed by atoms with Gasteiger partial charge in [0.25, 0.3) is 5.91 Å². The maximum absolute atomic E-state index is 12.6. The number of nitrogens with zero attached hydrogens (tertiary/aromatic N) is 2. The van der Waals surface area contributed by atoms with Crippen LogP contribution in [0.3, 0.4) is 0 Å². The predicted molar refractivity (Wildman–Crippen MR) is 110 cm³/mol. The molecule has 2 aromatic heterocycles. The van der Waals surface area contributed by atoms with E-state index in [0.29, 0.717) is 23.9 Å². The molecule has 2 aromatic rings. The van der Waals surface area contributed by atoms with Crippen molar-refractivity contribution in [3.05, 3.63) is 33.1 Å². The zero-order valence-electron chi connectivity index (χ0n) is 16.5. The van der Waals surface area contributed by atoms with Crippen LogP contribution in [0.2, 0.25) is 0 Å². The van der Waals surface area contributed by atoms with Gasteiger partial charge in [0.05, 0.1) is 11.3 Å². The smallest absolute Gasteiger partial charge is 0.259 e. The maximum Gasteiger partial charge on any atom is 0.259 e. The molecule has 150 valence electrons. The van der Waals surface area contributed by atoms with E-state index < -0.39 is 0 Å². The van der Waals surface area contributed by atoms with Crippen molar-refractivity contribution in [3.8, 4) is 0 Å². The molecule has 2 N–H and O–H groups in total. The maximum atomic E-state index is 12.6. The molecule has 2 unspecified atom stereocenters. The number of hydrogen-bond donors (Lipinski definition) is 2. The third-order valence-electron chi connectivity index (χ3n) is 6.24. The zero-order chi connectivity index (χ0) is 19.3. The third-order valence-corrected chi connectivity index (χ3v) is 7.43. The highest BCUT2D eigenvalue weighted by molar-refractivity contribution is 7.12. The first-order valence-corrected chi connectivity index (χ1v) is 11.2. The van der Waals surface area contributed by atoms with Crippen LogP contribution in [-0.2, 0) is 0 Å². The summed E-state index contributed by atoms with van der Waals surface area (Å²) in [5, 5.41) is 10.5. The van der Waals surface area contributed by atoms with Gasteiger partial charge in [-0.05, 0) is 65.1 Å². The third kappa shape index (κ3) is 3.88. The summed E-state index contributed by atoms with van der Waals surface area (Å²) in [4.78, 5) is 17.6. The number of aromatic nitrogens is 1. The second kappa shape index (κ2) is 7.28. The number of likely N-dealkylation sites (tertiary alicyclic amines) is 1. The highest BCUT2D eigenvalue weighted by Gasteiger charge is 2.42. The van der Waals surface area contributed by atoms with Crippen LogP contribution >= 0.6 is 11.3 Å². The number of hydrogen-bond acceptors (Lipinski definition) is 6. The summed E-state index contributed by atoms with van der Waals surface area (Å²) in [5.41, 5.74) is 1.50. The van der Waals surface area contributed by atoms with Crippen molar-refractivity contribution in [3.63, 3.8) is 0 Å². The van der Waals surface area contributed by atoms with Crippen LogP contribution in [0, 0.1) is 13.8 Å². The second-order valence-corrected chi connectivity index (χ2v) is 9.85. The molecular formula is C21H28N4O2S. The summed E-state index contributed by atoms with van der Waals surface area (Å²) in [6, 6.07) is 5.93. The summed E-state index contributed by atoms with van der Waals surface area (Å²) >= 11 is 1.75. The molecule has 0 bridgehead atoms. The predicted octanol–water partition coefficient (Wildman–Crippen LogP) is 3.68. The van der Waals surface area contributed by atoms with Gasteiger partial charge < -0.3 is 14.7 Å². The fourth-order valence-electron chi connectivity index (χ4n) is 4.38. The highest BCUT2D eigenvalue weighted by Crippen LogP contribution is 2.45. The van der Waals surface area contributed by atoms with Crippen LogP contribution in [0.15, 0.2) is 16.7 Å². The molecule has 0 radical (unpaired) electrons. The topological polar surface area (TPSA) is 70.4 Å². The molecule has 3 fully saturated rings. The number of aryl methyl sites for hydroxylation is 2. The van der Waals surface area contributed by atoms with Gasteiger partial charge in [0.2, 0.25) is 5.88 Å². The van der Waals surface area contributed by atoms with E-state index in [1.54, 1.807) is 17.4 Å². The van der Waals surface area contributed by atoms with Crippen molar-refractivity contribution in [2.45, 2.75) is 70.0 Å². The molecule has 6 nitrogen and oxygen atoms in total. The van der Waals surface area contributed by atoms with Crippen LogP contribution in [0.1, 0.15) is 63.8 Å². The minimum Gasteiger partial charge on any atom is -0.338 e. The molecule has 0 spiro atoms. The first kappa shape index (κ1) is 18.3. The lowest BCUT2D eigenvalue weighted by molar-refractivity contribution is 0.102. The Kier molecular flexibility index (Phi) is 4.77. The van der Waals surface area contributed by atoms with Crippen LogP contribution in [0.5, 0.6) is 0 Å². The van der Waals surface area contributed by atoms with Crippen molar-refractivity contribution in [1.29, 1.82) is 0 Å². The SMILES string of the molecule is Cc1cc(NC(=O)c2cc(C3CC3NC3CCN(C4CC4)CC3)sc2C)on1. The van der Waals surface area contributed by atoms with E-state index in [4.69, 9.17) is 4.52 Å². The molecule has 1 aliphatic heterocycles. The van der Waals surface area contributed by atoms with E-state index in [1.807, 2.05) is 13.8 Å². The molecule has 0 aromatic carbocycles. The molecule has 3 aliphatic rings. The average Bonchev–Trinajstić information content (AvgIpc) is 3.58. The van der Waals surface area contributed by atoms with Crippen molar-refractivity contribution in [2.24, 2.45) is 0 Å². The second-order valence-electron chi connectivity index (χ2n) is 8.56. The monoisotopic (exact) mass is 400 g/mol. The number of carbonyl (C=O) groups excluding carboxylic acids is 1. The molecular weight excluding hydrogens is 372 g/mol. The van der Waals surface area contributed by atoms with Gasteiger partial charge in [0.1, 0.15) is 0 Å². The van der Waals surface area contributed by atoms with Crippen LogP contribution in [0.25, 0.3) is 0 Å². The summed E-state index contributed by atoms with van der Waals surface area (Å²) in [6.45, 7) is 6.36. The van der Waals surface area contributed by atoms with Gasteiger partial charge in [0.15, 0.2) is 0 Å². The molecule has 2 atom stereocenters. The van der Waals surface area contributed by atoms with Gasteiger partial charge in [-0.15, -0.1) is 11.3 Å². The zero-order valence-corrected chi connectivity index (χ0v) is 17.3. The number of amides is 1. The van der Waals surface area contributed by atoms with Crippen molar-refractivity contribution in [2.75, 3.05) is 18.4 Å². The Balaban J connectivity index is 1.15. The summed E-state index contributed by atoms with van der Waals surface area (Å²) in [6.07, 6.45) is 6.55. The van der Waals surface area contributed by atoms with E-state index in [9.17, 15) is 4.79 Å². The standard InChI is InChI=1S/C21H28N4O2S/c1-12-9-20(27-24-12)23-21(26)16-11-19(28-13(16)2)17-10-18(17)22-14-5-7-25(8-6-14)15-3-4-15/h9,11,14-15,17-18,22H,3-8,10H2,1-2H3,(H,23,26). The lowest BCUT2D eigenvalue weighted by Gasteiger charge is -2.32. The molecule has 1 saturated heterocycles. The number of piperidine rings is 1. The normalized spacial score (nSPS) is 25.8. The van der Waals surface area contributed by atoms with Gasteiger partial charge >= 0.3 is 0 Å². The fraction of sp³-hybridized carbons (Fsp3) is 0.619. The van der Waals surface area contributed by atoms with Crippen molar-refractivity contribution < 1.29 is 9.32 Å². The summed E-state index contributed by atoms with van der Waals surface area (Å²) in [7, 11) is 0. The lowest BCUT2D eigenvalue weighted by Crippen LogP contribution is -2.44. The van der Waals surface area contributed by atoms with E-state index in [1.165, 1.54) is 50.1 Å². The van der Waals surface area contributed by atoms with Gasteiger partial charge in [-0.1, -0.05) is 5.16 Å².